The Morgan fingerprint density at radius 2 is 2.06 bits per heavy atom. The van der Waals surface area contributed by atoms with E-state index in [1.54, 1.807) is 30.3 Å². The van der Waals surface area contributed by atoms with Gasteiger partial charge in [-0.05, 0) is 40.2 Å². The van der Waals surface area contributed by atoms with Crippen molar-refractivity contribution < 1.29 is 9.13 Å². The zero-order valence-corrected chi connectivity index (χ0v) is 11.6. The van der Waals surface area contributed by atoms with E-state index in [-0.39, 0.29) is 12.3 Å². The predicted molar refractivity (Wildman–Crippen MR) is 74.3 cm³/mol. The van der Waals surface area contributed by atoms with Crippen LogP contribution in [0.5, 0.6) is 5.75 Å². The quantitative estimate of drug-likeness (QED) is 0.846. The van der Waals surface area contributed by atoms with E-state index in [2.05, 4.69) is 15.9 Å². The van der Waals surface area contributed by atoms with Crippen LogP contribution < -0.4 is 10.5 Å². The van der Waals surface area contributed by atoms with E-state index in [1.807, 2.05) is 0 Å². The van der Waals surface area contributed by atoms with Crippen LogP contribution in [-0.4, -0.2) is 0 Å². The fourth-order valence-electron chi connectivity index (χ4n) is 1.46. The summed E-state index contributed by atoms with van der Waals surface area (Å²) in [5.74, 6) is 0.156. The van der Waals surface area contributed by atoms with Crippen LogP contribution in [0.15, 0.2) is 40.9 Å². The first-order valence-electron chi connectivity index (χ1n) is 5.18. The second kappa shape index (κ2) is 5.59. The number of nitrogens with two attached hydrogens (primary N) is 1. The van der Waals surface area contributed by atoms with Crippen LogP contribution >= 0.6 is 27.5 Å². The Morgan fingerprint density at radius 1 is 1.28 bits per heavy atom. The second-order valence-corrected chi connectivity index (χ2v) is 4.97. The van der Waals surface area contributed by atoms with Gasteiger partial charge in [0.15, 0.2) is 5.82 Å². The van der Waals surface area contributed by atoms with E-state index in [0.29, 0.717) is 16.3 Å². The Hall–Kier alpha value is -1.26. The van der Waals surface area contributed by atoms with Gasteiger partial charge in [-0.15, -0.1) is 0 Å². The molecule has 0 unspecified atom stereocenters. The van der Waals surface area contributed by atoms with Crippen LogP contribution in [0.25, 0.3) is 0 Å². The molecule has 0 aromatic heterocycles. The van der Waals surface area contributed by atoms with Gasteiger partial charge in [-0.3, -0.25) is 0 Å². The molecular formula is C13H10BrClFNO. The summed E-state index contributed by atoms with van der Waals surface area (Å²) in [4.78, 5) is 0. The lowest BCUT2D eigenvalue weighted by Crippen LogP contribution is -2.01. The summed E-state index contributed by atoms with van der Waals surface area (Å²) in [6, 6.07) is 9.97. The summed E-state index contributed by atoms with van der Waals surface area (Å²) < 4.78 is 19.9. The summed E-state index contributed by atoms with van der Waals surface area (Å²) in [6.45, 7) is 0.108. The molecule has 2 nitrogen and oxygen atoms in total. The number of hydrogen-bond acceptors (Lipinski definition) is 2. The fraction of sp³-hybridized carbons (Fsp3) is 0.0769. The number of halogens is 3. The minimum absolute atomic E-state index is 0.108. The minimum atomic E-state index is -0.442. The molecule has 0 radical (unpaired) electrons. The zero-order valence-electron chi connectivity index (χ0n) is 9.29. The smallest absolute Gasteiger partial charge is 0.152 e. The molecule has 0 spiro atoms. The van der Waals surface area contributed by atoms with Crippen molar-refractivity contribution in [3.8, 4) is 5.75 Å². The number of anilines is 1. The van der Waals surface area contributed by atoms with Gasteiger partial charge in [0, 0.05) is 10.6 Å². The second-order valence-electron chi connectivity index (χ2n) is 3.68. The van der Waals surface area contributed by atoms with E-state index in [1.165, 1.54) is 6.07 Å². The molecule has 0 bridgehead atoms. The summed E-state index contributed by atoms with van der Waals surface area (Å²) >= 11 is 9.14. The third kappa shape index (κ3) is 2.94. The van der Waals surface area contributed by atoms with E-state index in [0.717, 1.165) is 4.47 Å². The molecule has 0 saturated carbocycles. The van der Waals surface area contributed by atoms with Gasteiger partial charge >= 0.3 is 0 Å². The lowest BCUT2D eigenvalue weighted by molar-refractivity contribution is 0.298. The normalized spacial score (nSPS) is 10.4. The molecule has 2 aromatic carbocycles. The number of nitrogen functional groups attached to an aromatic ring is 1. The molecule has 0 aliphatic heterocycles. The van der Waals surface area contributed by atoms with Gasteiger partial charge < -0.3 is 10.5 Å². The third-order valence-electron chi connectivity index (χ3n) is 2.39. The van der Waals surface area contributed by atoms with E-state index < -0.39 is 5.82 Å². The minimum Gasteiger partial charge on any atom is -0.488 e. The lowest BCUT2D eigenvalue weighted by Gasteiger charge is -2.10. The number of rotatable bonds is 3. The maximum atomic E-state index is 13.6. The Bertz CT molecular complexity index is 577. The number of ether oxygens (including phenoxy) is 1. The van der Waals surface area contributed by atoms with E-state index in [4.69, 9.17) is 22.1 Å². The highest BCUT2D eigenvalue weighted by atomic mass is 79.9. The predicted octanol–water partition coefficient (Wildman–Crippen LogP) is 4.40. The number of benzene rings is 2. The Morgan fingerprint density at radius 3 is 2.78 bits per heavy atom. The molecule has 0 aliphatic carbocycles. The molecule has 0 aliphatic rings. The van der Waals surface area contributed by atoms with Crippen molar-refractivity contribution in [2.45, 2.75) is 6.61 Å². The Labute approximate surface area is 118 Å². The van der Waals surface area contributed by atoms with Gasteiger partial charge in [0.2, 0.25) is 0 Å². The first-order valence-corrected chi connectivity index (χ1v) is 6.35. The highest BCUT2D eigenvalue weighted by molar-refractivity contribution is 9.10. The standard InChI is InChI=1S/C13H10BrClFNO/c14-10-6-9(15)4-5-12(10)18-7-8-2-1-3-11(17)13(8)16/h1-6H,7,17H2. The molecular weight excluding hydrogens is 321 g/mol. The van der Waals surface area contributed by atoms with E-state index >= 15 is 0 Å². The highest BCUT2D eigenvalue weighted by Crippen LogP contribution is 2.29. The van der Waals surface area contributed by atoms with Crippen molar-refractivity contribution >= 4 is 33.2 Å². The van der Waals surface area contributed by atoms with Crippen molar-refractivity contribution in [3.63, 3.8) is 0 Å². The molecule has 5 heteroatoms. The maximum Gasteiger partial charge on any atom is 0.152 e. The van der Waals surface area contributed by atoms with Gasteiger partial charge in [0.25, 0.3) is 0 Å². The summed E-state index contributed by atoms with van der Waals surface area (Å²) in [5.41, 5.74) is 6.01. The van der Waals surface area contributed by atoms with Crippen LogP contribution in [0, 0.1) is 5.82 Å². The summed E-state index contributed by atoms with van der Waals surface area (Å²) in [6.07, 6.45) is 0. The molecule has 0 atom stereocenters. The molecule has 2 rings (SSSR count). The summed E-state index contributed by atoms with van der Waals surface area (Å²) in [7, 11) is 0. The van der Waals surface area contributed by atoms with Crippen LogP contribution in [0.3, 0.4) is 0 Å². The van der Waals surface area contributed by atoms with Crippen molar-refractivity contribution in [1.29, 1.82) is 0 Å². The van der Waals surface area contributed by atoms with Crippen molar-refractivity contribution in [2.75, 3.05) is 5.73 Å². The van der Waals surface area contributed by atoms with E-state index in [9.17, 15) is 4.39 Å². The molecule has 94 valence electrons. The van der Waals surface area contributed by atoms with Gasteiger partial charge in [0.05, 0.1) is 10.2 Å². The van der Waals surface area contributed by atoms with Crippen LogP contribution in [0.1, 0.15) is 5.56 Å². The first kappa shape index (κ1) is 13.2. The Balaban J connectivity index is 2.14. The molecule has 0 amide bonds. The molecule has 2 aromatic rings. The van der Waals surface area contributed by atoms with Gasteiger partial charge in [-0.2, -0.15) is 0 Å². The zero-order chi connectivity index (χ0) is 13.1. The molecule has 0 heterocycles. The molecule has 2 N–H and O–H groups in total. The van der Waals surface area contributed by atoms with Crippen molar-refractivity contribution in [2.24, 2.45) is 0 Å². The average molecular weight is 331 g/mol. The topological polar surface area (TPSA) is 35.2 Å². The largest absolute Gasteiger partial charge is 0.488 e. The van der Waals surface area contributed by atoms with Crippen LogP contribution in [-0.2, 0) is 6.61 Å². The van der Waals surface area contributed by atoms with Crippen LogP contribution in [0.2, 0.25) is 5.02 Å². The number of hydrogen-bond donors (Lipinski definition) is 1. The maximum absolute atomic E-state index is 13.6. The molecule has 18 heavy (non-hydrogen) atoms. The SMILES string of the molecule is Nc1cccc(COc2ccc(Cl)cc2Br)c1F. The Kier molecular flexibility index (Phi) is 4.09. The van der Waals surface area contributed by atoms with Gasteiger partial charge in [-0.1, -0.05) is 23.7 Å². The highest BCUT2D eigenvalue weighted by Gasteiger charge is 2.07. The first-order chi connectivity index (χ1) is 8.58. The van der Waals surface area contributed by atoms with Gasteiger partial charge in [-0.25, -0.2) is 4.39 Å². The molecule has 0 fully saturated rings. The fourth-order valence-corrected chi connectivity index (χ4v) is 2.26. The molecule has 0 saturated heterocycles. The van der Waals surface area contributed by atoms with Crippen molar-refractivity contribution in [1.82, 2.24) is 0 Å². The van der Waals surface area contributed by atoms with Crippen molar-refractivity contribution in [3.05, 3.63) is 57.3 Å². The monoisotopic (exact) mass is 329 g/mol. The lowest BCUT2D eigenvalue weighted by atomic mass is 10.2. The average Bonchev–Trinajstić information content (AvgIpc) is 2.33. The third-order valence-corrected chi connectivity index (χ3v) is 3.24. The van der Waals surface area contributed by atoms with Crippen LogP contribution in [0.4, 0.5) is 10.1 Å². The van der Waals surface area contributed by atoms with Gasteiger partial charge in [0.1, 0.15) is 12.4 Å². The summed E-state index contributed by atoms with van der Waals surface area (Å²) in [5, 5.41) is 0.601.